The van der Waals surface area contributed by atoms with E-state index in [-0.39, 0.29) is 12.4 Å². The lowest BCUT2D eigenvalue weighted by atomic mass is 10.1. The number of hydrogen-bond acceptors (Lipinski definition) is 3. The van der Waals surface area contributed by atoms with E-state index in [4.69, 9.17) is 9.84 Å². The fraction of sp³-hybridized carbons (Fsp3) is 0.600. The van der Waals surface area contributed by atoms with Gasteiger partial charge in [0.25, 0.3) is 0 Å². The van der Waals surface area contributed by atoms with Crippen LogP contribution in [0.4, 0.5) is 0 Å². The molecule has 1 aromatic rings. The van der Waals surface area contributed by atoms with E-state index in [0.29, 0.717) is 13.2 Å². The number of unbranched alkanes of at least 4 members (excludes halogenated alkanes) is 2. The summed E-state index contributed by atoms with van der Waals surface area (Å²) in [6.07, 6.45) is 3.10. The first kappa shape index (κ1) is 18.2. The van der Waals surface area contributed by atoms with Gasteiger partial charge in [0.1, 0.15) is 12.4 Å². The van der Waals surface area contributed by atoms with Crippen LogP contribution in [0, 0.1) is 13.8 Å². The van der Waals surface area contributed by atoms with E-state index in [9.17, 15) is 0 Å². The fourth-order valence-electron chi connectivity index (χ4n) is 1.92. The number of rotatable bonds is 9. The number of aryl methyl sites for hydroxylation is 2. The molecule has 0 aliphatic carbocycles. The van der Waals surface area contributed by atoms with E-state index in [1.165, 1.54) is 11.1 Å². The third kappa shape index (κ3) is 7.41. The minimum Gasteiger partial charge on any atom is -0.492 e. The molecule has 0 heterocycles. The summed E-state index contributed by atoms with van der Waals surface area (Å²) in [5.41, 5.74) is 2.39. The second kappa shape index (κ2) is 11.1. The summed E-state index contributed by atoms with van der Waals surface area (Å²) in [5, 5.41) is 12.0. The molecular weight excluding hydrogens is 262 g/mol. The van der Waals surface area contributed by atoms with Gasteiger partial charge < -0.3 is 15.2 Å². The molecule has 0 spiro atoms. The monoisotopic (exact) mass is 287 g/mol. The lowest BCUT2D eigenvalue weighted by Crippen LogP contribution is -2.22. The molecule has 0 aliphatic heterocycles. The van der Waals surface area contributed by atoms with Crippen LogP contribution in [0.3, 0.4) is 0 Å². The topological polar surface area (TPSA) is 41.5 Å². The van der Waals surface area contributed by atoms with Gasteiger partial charge in [-0.2, -0.15) is 0 Å². The van der Waals surface area contributed by atoms with Crippen LogP contribution >= 0.6 is 12.4 Å². The molecular formula is C15H26ClNO2. The summed E-state index contributed by atoms with van der Waals surface area (Å²) in [4.78, 5) is 0. The number of para-hydroxylation sites is 1. The second-order valence-corrected chi connectivity index (χ2v) is 4.60. The third-order valence-electron chi connectivity index (χ3n) is 2.95. The van der Waals surface area contributed by atoms with E-state index in [0.717, 1.165) is 38.1 Å². The molecule has 0 aromatic heterocycles. The Hall–Kier alpha value is -0.770. The molecule has 0 radical (unpaired) electrons. The number of nitrogens with one attached hydrogen (secondary N) is 1. The lowest BCUT2D eigenvalue weighted by Gasteiger charge is -2.12. The molecule has 19 heavy (non-hydrogen) atoms. The normalized spacial score (nSPS) is 10.1. The van der Waals surface area contributed by atoms with Crippen molar-refractivity contribution in [2.75, 3.05) is 26.3 Å². The third-order valence-corrected chi connectivity index (χ3v) is 2.95. The molecule has 2 N–H and O–H groups in total. The molecule has 0 atom stereocenters. The number of benzene rings is 1. The van der Waals surface area contributed by atoms with Gasteiger partial charge in [0.05, 0.1) is 0 Å². The first-order valence-electron chi connectivity index (χ1n) is 6.76. The zero-order chi connectivity index (χ0) is 13.2. The van der Waals surface area contributed by atoms with Crippen molar-refractivity contribution < 1.29 is 9.84 Å². The van der Waals surface area contributed by atoms with Gasteiger partial charge in [-0.3, -0.25) is 0 Å². The molecule has 0 aliphatic rings. The van der Waals surface area contributed by atoms with Gasteiger partial charge in [0, 0.05) is 13.2 Å². The summed E-state index contributed by atoms with van der Waals surface area (Å²) in [7, 11) is 0. The highest BCUT2D eigenvalue weighted by Gasteiger charge is 2.02. The predicted octanol–water partition coefficient (Wildman–Crippen LogP) is 2.86. The maximum absolute atomic E-state index is 8.64. The number of halogens is 1. The van der Waals surface area contributed by atoms with Gasteiger partial charge in [0.2, 0.25) is 0 Å². The Morgan fingerprint density at radius 2 is 1.74 bits per heavy atom. The van der Waals surface area contributed by atoms with E-state index in [1.54, 1.807) is 0 Å². The predicted molar refractivity (Wildman–Crippen MR) is 82.5 cm³/mol. The molecule has 110 valence electrons. The minimum absolute atomic E-state index is 0. The Kier molecular flexibility index (Phi) is 10.6. The van der Waals surface area contributed by atoms with Crippen molar-refractivity contribution in [2.45, 2.75) is 33.1 Å². The zero-order valence-electron chi connectivity index (χ0n) is 11.9. The van der Waals surface area contributed by atoms with Gasteiger partial charge >= 0.3 is 0 Å². The molecule has 1 aromatic carbocycles. The van der Waals surface area contributed by atoms with Crippen LogP contribution in [0.1, 0.15) is 30.4 Å². The van der Waals surface area contributed by atoms with E-state index < -0.39 is 0 Å². The van der Waals surface area contributed by atoms with Crippen LogP contribution in [0.2, 0.25) is 0 Å². The van der Waals surface area contributed by atoms with Crippen molar-refractivity contribution in [2.24, 2.45) is 0 Å². The Morgan fingerprint density at radius 1 is 1.05 bits per heavy atom. The highest BCUT2D eigenvalue weighted by atomic mass is 35.5. The van der Waals surface area contributed by atoms with Crippen molar-refractivity contribution >= 4 is 12.4 Å². The summed E-state index contributed by atoms with van der Waals surface area (Å²) in [5.74, 6) is 1.01. The van der Waals surface area contributed by atoms with Crippen LogP contribution in [0.15, 0.2) is 18.2 Å². The van der Waals surface area contributed by atoms with Crippen LogP contribution in [-0.4, -0.2) is 31.4 Å². The zero-order valence-corrected chi connectivity index (χ0v) is 12.8. The summed E-state index contributed by atoms with van der Waals surface area (Å²) in [6, 6.07) is 6.20. The van der Waals surface area contributed by atoms with Gasteiger partial charge in [-0.15, -0.1) is 12.4 Å². The summed E-state index contributed by atoms with van der Waals surface area (Å²) < 4.78 is 5.79. The van der Waals surface area contributed by atoms with Gasteiger partial charge in [-0.25, -0.2) is 0 Å². The van der Waals surface area contributed by atoms with Crippen molar-refractivity contribution in [3.05, 3.63) is 29.3 Å². The molecule has 1 rings (SSSR count). The SMILES string of the molecule is Cc1cccc(C)c1OCCNCCCCCO.Cl. The highest BCUT2D eigenvalue weighted by Crippen LogP contribution is 2.21. The molecule has 3 nitrogen and oxygen atoms in total. The largest absolute Gasteiger partial charge is 0.492 e. The van der Waals surface area contributed by atoms with E-state index in [2.05, 4.69) is 37.4 Å². The smallest absolute Gasteiger partial charge is 0.125 e. The quantitative estimate of drug-likeness (QED) is 0.686. The first-order chi connectivity index (χ1) is 8.75. The van der Waals surface area contributed by atoms with Crippen molar-refractivity contribution in [3.63, 3.8) is 0 Å². The highest BCUT2D eigenvalue weighted by molar-refractivity contribution is 5.85. The van der Waals surface area contributed by atoms with Crippen molar-refractivity contribution in [3.8, 4) is 5.75 Å². The Labute approximate surface area is 122 Å². The van der Waals surface area contributed by atoms with Gasteiger partial charge in [-0.1, -0.05) is 18.2 Å². The average Bonchev–Trinajstić information content (AvgIpc) is 2.35. The number of ether oxygens (including phenoxy) is 1. The average molecular weight is 288 g/mol. The van der Waals surface area contributed by atoms with Crippen LogP contribution in [0.5, 0.6) is 5.75 Å². The summed E-state index contributed by atoms with van der Waals surface area (Å²) in [6.45, 7) is 7.01. The lowest BCUT2D eigenvalue weighted by molar-refractivity contribution is 0.281. The van der Waals surface area contributed by atoms with E-state index >= 15 is 0 Å². The van der Waals surface area contributed by atoms with Crippen molar-refractivity contribution in [1.82, 2.24) is 5.32 Å². The number of aliphatic hydroxyl groups excluding tert-OH is 1. The molecule has 0 fully saturated rings. The van der Waals surface area contributed by atoms with E-state index in [1.807, 2.05) is 0 Å². The Balaban J connectivity index is 0.00000324. The molecule has 0 bridgehead atoms. The fourth-order valence-corrected chi connectivity index (χ4v) is 1.92. The standard InChI is InChI=1S/C15H25NO2.ClH/c1-13-7-6-8-14(2)15(13)18-12-10-16-9-4-3-5-11-17;/h6-8,16-17H,3-5,9-12H2,1-2H3;1H. The van der Waals surface area contributed by atoms with Crippen molar-refractivity contribution in [1.29, 1.82) is 0 Å². The van der Waals surface area contributed by atoms with Gasteiger partial charge in [0.15, 0.2) is 0 Å². The van der Waals surface area contributed by atoms with Crippen LogP contribution < -0.4 is 10.1 Å². The Bertz CT molecular complexity index is 325. The molecule has 0 amide bonds. The maximum Gasteiger partial charge on any atom is 0.125 e. The molecule has 0 saturated carbocycles. The summed E-state index contributed by atoms with van der Waals surface area (Å²) >= 11 is 0. The minimum atomic E-state index is 0. The Morgan fingerprint density at radius 3 is 2.37 bits per heavy atom. The number of aliphatic hydroxyl groups is 1. The molecule has 0 unspecified atom stereocenters. The first-order valence-corrected chi connectivity index (χ1v) is 6.76. The number of hydrogen-bond donors (Lipinski definition) is 2. The molecule has 0 saturated heterocycles. The van der Waals surface area contributed by atoms with Crippen LogP contribution in [0.25, 0.3) is 0 Å². The van der Waals surface area contributed by atoms with Gasteiger partial charge in [-0.05, 0) is 50.8 Å². The maximum atomic E-state index is 8.64. The van der Waals surface area contributed by atoms with Crippen LogP contribution in [-0.2, 0) is 0 Å². The second-order valence-electron chi connectivity index (χ2n) is 4.60. The molecule has 4 heteroatoms.